The molecule has 0 aromatic heterocycles. The molecule has 1 aliphatic heterocycles. The summed E-state index contributed by atoms with van der Waals surface area (Å²) in [5.41, 5.74) is -0.395. The second kappa shape index (κ2) is 7.74. The van der Waals surface area contributed by atoms with Crippen molar-refractivity contribution >= 4 is 5.91 Å². The second-order valence-electron chi connectivity index (χ2n) is 5.59. The molecule has 106 valence electrons. The molecule has 0 spiro atoms. The number of aliphatic hydroxyl groups excluding tert-OH is 1. The van der Waals surface area contributed by atoms with Gasteiger partial charge in [0, 0.05) is 13.2 Å². The average Bonchev–Trinajstić information content (AvgIpc) is 2.37. The molecule has 4 heteroatoms. The van der Waals surface area contributed by atoms with Gasteiger partial charge < -0.3 is 15.7 Å². The van der Waals surface area contributed by atoms with Crippen LogP contribution in [0.2, 0.25) is 0 Å². The number of hydrogen-bond acceptors (Lipinski definition) is 3. The van der Waals surface area contributed by atoms with Gasteiger partial charge in [-0.1, -0.05) is 13.3 Å². The van der Waals surface area contributed by atoms with E-state index in [0.29, 0.717) is 12.5 Å². The van der Waals surface area contributed by atoms with Gasteiger partial charge in [-0.2, -0.15) is 0 Å². The summed E-state index contributed by atoms with van der Waals surface area (Å²) in [7, 11) is 0. The molecule has 2 unspecified atom stereocenters. The summed E-state index contributed by atoms with van der Waals surface area (Å²) < 4.78 is 0. The Hall–Kier alpha value is -0.610. The summed E-state index contributed by atoms with van der Waals surface area (Å²) in [6.45, 7) is 5.94. The van der Waals surface area contributed by atoms with E-state index in [1.54, 1.807) is 0 Å². The van der Waals surface area contributed by atoms with E-state index >= 15 is 0 Å². The molecular formula is C14H28N2O2. The van der Waals surface area contributed by atoms with E-state index in [2.05, 4.69) is 17.6 Å². The van der Waals surface area contributed by atoms with E-state index < -0.39 is 5.54 Å². The highest BCUT2D eigenvalue weighted by Gasteiger charge is 2.34. The lowest BCUT2D eigenvalue weighted by atomic mass is 9.89. The first-order valence-corrected chi connectivity index (χ1v) is 7.26. The molecule has 0 aromatic carbocycles. The van der Waals surface area contributed by atoms with Gasteiger partial charge in [0.05, 0.1) is 5.54 Å². The molecule has 0 radical (unpaired) electrons. The molecule has 1 fully saturated rings. The highest BCUT2D eigenvalue weighted by molar-refractivity contribution is 5.85. The zero-order valence-electron chi connectivity index (χ0n) is 11.8. The first-order chi connectivity index (χ1) is 8.62. The van der Waals surface area contributed by atoms with Gasteiger partial charge in [0.2, 0.25) is 5.91 Å². The van der Waals surface area contributed by atoms with E-state index in [0.717, 1.165) is 45.1 Å². The van der Waals surface area contributed by atoms with E-state index in [4.69, 9.17) is 5.11 Å². The van der Waals surface area contributed by atoms with Crippen molar-refractivity contribution in [2.45, 2.75) is 57.9 Å². The van der Waals surface area contributed by atoms with Gasteiger partial charge in [0.25, 0.3) is 0 Å². The van der Waals surface area contributed by atoms with Crippen LogP contribution in [0.25, 0.3) is 0 Å². The minimum absolute atomic E-state index is 0.112. The third-order valence-electron chi connectivity index (χ3n) is 3.91. The zero-order valence-corrected chi connectivity index (χ0v) is 11.8. The fourth-order valence-corrected chi connectivity index (χ4v) is 2.62. The zero-order chi connectivity index (χ0) is 13.4. The first-order valence-electron chi connectivity index (χ1n) is 7.26. The summed E-state index contributed by atoms with van der Waals surface area (Å²) in [6, 6.07) is 0. The molecule has 0 aliphatic carbocycles. The topological polar surface area (TPSA) is 61.4 Å². The van der Waals surface area contributed by atoms with Crippen LogP contribution in [0.15, 0.2) is 0 Å². The molecule has 18 heavy (non-hydrogen) atoms. The number of amides is 1. The maximum atomic E-state index is 12.2. The molecule has 1 rings (SSSR count). The molecule has 0 bridgehead atoms. The van der Waals surface area contributed by atoms with Crippen molar-refractivity contribution in [3.05, 3.63) is 0 Å². The van der Waals surface area contributed by atoms with Crippen LogP contribution < -0.4 is 10.6 Å². The van der Waals surface area contributed by atoms with Crippen molar-refractivity contribution in [3.8, 4) is 0 Å². The van der Waals surface area contributed by atoms with Crippen molar-refractivity contribution in [1.29, 1.82) is 0 Å². The fraction of sp³-hybridized carbons (Fsp3) is 0.929. The maximum Gasteiger partial charge on any atom is 0.240 e. The molecule has 1 aliphatic rings. The van der Waals surface area contributed by atoms with E-state index in [1.165, 1.54) is 0 Å². The number of piperidine rings is 1. The lowest BCUT2D eigenvalue weighted by Crippen LogP contribution is -2.57. The highest BCUT2D eigenvalue weighted by atomic mass is 16.3. The van der Waals surface area contributed by atoms with Gasteiger partial charge in [-0.25, -0.2) is 0 Å². The Balaban J connectivity index is 2.38. The normalized spacial score (nSPS) is 25.7. The van der Waals surface area contributed by atoms with Crippen LogP contribution in [0.1, 0.15) is 52.4 Å². The van der Waals surface area contributed by atoms with Gasteiger partial charge in [-0.3, -0.25) is 4.79 Å². The Morgan fingerprint density at radius 1 is 1.44 bits per heavy atom. The second-order valence-corrected chi connectivity index (χ2v) is 5.59. The number of aliphatic hydroxyl groups is 1. The van der Waals surface area contributed by atoms with Gasteiger partial charge in [0.15, 0.2) is 0 Å². The largest absolute Gasteiger partial charge is 0.396 e. The van der Waals surface area contributed by atoms with Crippen LogP contribution in [0.5, 0.6) is 0 Å². The molecule has 1 heterocycles. The predicted octanol–water partition coefficient (Wildman–Crippen LogP) is 1.43. The summed E-state index contributed by atoms with van der Waals surface area (Å²) in [4.78, 5) is 12.2. The first kappa shape index (κ1) is 15.4. The molecule has 0 saturated carbocycles. The minimum Gasteiger partial charge on any atom is -0.396 e. The predicted molar refractivity (Wildman–Crippen MR) is 73.4 cm³/mol. The Bertz CT molecular complexity index is 244. The van der Waals surface area contributed by atoms with Crippen LogP contribution in [-0.4, -0.2) is 36.2 Å². The fourth-order valence-electron chi connectivity index (χ4n) is 2.62. The molecule has 3 N–H and O–H groups in total. The molecule has 1 amide bonds. The molecule has 4 nitrogen and oxygen atoms in total. The molecular weight excluding hydrogens is 228 g/mol. The van der Waals surface area contributed by atoms with E-state index in [-0.39, 0.29) is 12.5 Å². The SMILES string of the molecule is CCCC(CCO)CNC(=O)C1(C)CCCCN1. The van der Waals surface area contributed by atoms with Gasteiger partial charge >= 0.3 is 0 Å². The van der Waals surface area contributed by atoms with Gasteiger partial charge in [-0.15, -0.1) is 0 Å². The smallest absolute Gasteiger partial charge is 0.240 e. The van der Waals surface area contributed by atoms with Crippen molar-refractivity contribution in [3.63, 3.8) is 0 Å². The van der Waals surface area contributed by atoms with Crippen LogP contribution >= 0.6 is 0 Å². The van der Waals surface area contributed by atoms with E-state index in [9.17, 15) is 4.79 Å². The molecule has 1 saturated heterocycles. The molecule has 0 aromatic rings. The Kier molecular flexibility index (Phi) is 6.65. The summed E-state index contributed by atoms with van der Waals surface area (Å²) in [5.74, 6) is 0.511. The molecule has 2 atom stereocenters. The van der Waals surface area contributed by atoms with Crippen molar-refractivity contribution < 1.29 is 9.90 Å². The highest BCUT2D eigenvalue weighted by Crippen LogP contribution is 2.19. The Morgan fingerprint density at radius 3 is 2.78 bits per heavy atom. The number of nitrogens with one attached hydrogen (secondary N) is 2. The number of carbonyl (C=O) groups excluding carboxylic acids is 1. The van der Waals surface area contributed by atoms with Gasteiger partial charge in [0.1, 0.15) is 0 Å². The quantitative estimate of drug-likeness (QED) is 0.646. The third-order valence-corrected chi connectivity index (χ3v) is 3.91. The van der Waals surface area contributed by atoms with Crippen molar-refractivity contribution in [1.82, 2.24) is 10.6 Å². The van der Waals surface area contributed by atoms with Gasteiger partial charge in [-0.05, 0) is 51.5 Å². The van der Waals surface area contributed by atoms with Crippen LogP contribution in [0.4, 0.5) is 0 Å². The van der Waals surface area contributed by atoms with Crippen molar-refractivity contribution in [2.24, 2.45) is 5.92 Å². The minimum atomic E-state index is -0.395. The Labute approximate surface area is 111 Å². The maximum absolute atomic E-state index is 12.2. The average molecular weight is 256 g/mol. The summed E-state index contributed by atoms with van der Waals surface area (Å²) in [5, 5.41) is 15.4. The number of rotatable bonds is 7. The van der Waals surface area contributed by atoms with Crippen LogP contribution in [-0.2, 0) is 4.79 Å². The van der Waals surface area contributed by atoms with Crippen LogP contribution in [0, 0.1) is 5.92 Å². The van der Waals surface area contributed by atoms with Crippen molar-refractivity contribution in [2.75, 3.05) is 19.7 Å². The standard InChI is InChI=1S/C14H28N2O2/c1-3-6-12(7-10-17)11-15-13(18)14(2)8-4-5-9-16-14/h12,16-17H,3-11H2,1-2H3,(H,15,18). The summed E-state index contributed by atoms with van der Waals surface area (Å²) >= 11 is 0. The van der Waals surface area contributed by atoms with E-state index in [1.807, 2.05) is 6.92 Å². The third kappa shape index (κ3) is 4.58. The summed E-state index contributed by atoms with van der Waals surface area (Å²) in [6.07, 6.45) is 6.12. The number of hydrogen-bond donors (Lipinski definition) is 3. The van der Waals surface area contributed by atoms with Crippen LogP contribution in [0.3, 0.4) is 0 Å². The lowest BCUT2D eigenvalue weighted by Gasteiger charge is -2.34. The Morgan fingerprint density at radius 2 is 2.22 bits per heavy atom. The lowest BCUT2D eigenvalue weighted by molar-refractivity contribution is -0.128. The monoisotopic (exact) mass is 256 g/mol. The number of carbonyl (C=O) groups is 1.